The molecular formula is C23H28FN5O7S. The summed E-state index contributed by atoms with van der Waals surface area (Å²) in [6.45, 7) is -0.430. The van der Waals surface area contributed by atoms with Crippen LogP contribution in [0.15, 0.2) is 35.5 Å². The van der Waals surface area contributed by atoms with Crippen LogP contribution in [0.1, 0.15) is 37.5 Å². The van der Waals surface area contributed by atoms with Crippen molar-refractivity contribution in [2.75, 3.05) is 19.0 Å². The number of aromatic nitrogens is 4. The maximum absolute atomic E-state index is 14.3. The lowest BCUT2D eigenvalue weighted by atomic mass is 9.98. The van der Waals surface area contributed by atoms with Crippen molar-refractivity contribution in [1.82, 2.24) is 19.5 Å². The van der Waals surface area contributed by atoms with Crippen LogP contribution in [-0.4, -0.2) is 75.3 Å². The Labute approximate surface area is 212 Å². The lowest BCUT2D eigenvalue weighted by Gasteiger charge is -2.28. The van der Waals surface area contributed by atoms with Crippen molar-refractivity contribution < 1.29 is 36.7 Å². The molecule has 1 aliphatic carbocycles. The molecule has 3 aromatic rings. The molecule has 14 heteroatoms. The lowest BCUT2D eigenvalue weighted by molar-refractivity contribution is -0.131. The third kappa shape index (κ3) is 4.75. The Hall–Kier alpha value is -2.91. The SMILES string of the molecule is Cc1ccc(S(=O)(=O)OC[C@@]2(CF)O[C@@H](n3cnc4c(N)nc(OC5CCCC5)nc43)[C@H](O)[C@@H]2O)cc1. The number of rotatable bonds is 8. The highest BCUT2D eigenvalue weighted by Crippen LogP contribution is 2.40. The minimum Gasteiger partial charge on any atom is -0.460 e. The number of nitrogens with two attached hydrogens (primary N) is 1. The number of anilines is 1. The minimum absolute atomic E-state index is 0.0240. The predicted octanol–water partition coefficient (Wildman–Crippen LogP) is 1.40. The molecule has 2 aromatic heterocycles. The smallest absolute Gasteiger partial charge is 0.320 e. The number of imidazole rings is 1. The first-order valence-electron chi connectivity index (χ1n) is 11.9. The summed E-state index contributed by atoms with van der Waals surface area (Å²) in [5, 5.41) is 21.5. The number of alkyl halides is 1. The van der Waals surface area contributed by atoms with Crippen LogP contribution < -0.4 is 10.5 Å². The molecule has 1 aromatic carbocycles. The van der Waals surface area contributed by atoms with E-state index in [-0.39, 0.29) is 34.0 Å². The molecule has 1 aliphatic heterocycles. The van der Waals surface area contributed by atoms with Gasteiger partial charge in [-0.2, -0.15) is 18.4 Å². The van der Waals surface area contributed by atoms with Crippen molar-refractivity contribution in [3.05, 3.63) is 36.2 Å². The number of nitrogens with zero attached hydrogens (tertiary/aromatic N) is 4. The lowest BCUT2D eigenvalue weighted by Crippen LogP contribution is -2.49. The van der Waals surface area contributed by atoms with Crippen LogP contribution in [0.5, 0.6) is 6.01 Å². The maximum Gasteiger partial charge on any atom is 0.320 e. The molecule has 2 aliphatic rings. The average molecular weight is 538 g/mol. The second-order valence-electron chi connectivity index (χ2n) is 9.41. The van der Waals surface area contributed by atoms with Crippen molar-refractivity contribution in [3.8, 4) is 6.01 Å². The molecule has 1 saturated heterocycles. The number of hydrogen-bond acceptors (Lipinski definition) is 11. The van der Waals surface area contributed by atoms with E-state index in [1.807, 2.05) is 0 Å². The third-order valence-electron chi connectivity index (χ3n) is 6.78. The van der Waals surface area contributed by atoms with Crippen molar-refractivity contribution >= 4 is 27.1 Å². The standard InChI is InChI=1S/C23H28FN5O7S/c1-13-6-8-15(9-7-13)37(32,33)34-11-23(10-24)18(31)17(30)21(36-23)29-12-26-16-19(25)27-22(28-20(16)29)35-14-4-2-3-5-14/h6-9,12,14,17-18,21,30-31H,2-5,10-11H2,1H3,(H2,25,27,28)/t17-,18+,21-,23-/m1/s1. The average Bonchev–Trinajstić information content (AvgIpc) is 3.59. The number of aryl methyl sites for hydroxylation is 1. The van der Waals surface area contributed by atoms with E-state index in [0.717, 1.165) is 31.2 Å². The molecule has 200 valence electrons. The van der Waals surface area contributed by atoms with E-state index < -0.39 is 47.4 Å². The number of fused-ring (bicyclic) bond motifs is 1. The maximum atomic E-state index is 14.3. The fourth-order valence-electron chi connectivity index (χ4n) is 4.60. The number of aliphatic hydroxyl groups excluding tert-OH is 2. The van der Waals surface area contributed by atoms with Gasteiger partial charge >= 0.3 is 6.01 Å². The van der Waals surface area contributed by atoms with Gasteiger partial charge in [0.05, 0.1) is 11.2 Å². The molecule has 0 spiro atoms. The summed E-state index contributed by atoms with van der Waals surface area (Å²) in [4.78, 5) is 12.5. The van der Waals surface area contributed by atoms with Gasteiger partial charge in [-0.25, -0.2) is 9.37 Å². The van der Waals surface area contributed by atoms with Gasteiger partial charge < -0.3 is 25.4 Å². The molecule has 12 nitrogen and oxygen atoms in total. The fourth-order valence-corrected chi connectivity index (χ4v) is 5.56. The van der Waals surface area contributed by atoms with Gasteiger partial charge in [-0.15, -0.1) is 0 Å². The molecule has 0 bridgehead atoms. The molecule has 4 atom stereocenters. The summed E-state index contributed by atoms with van der Waals surface area (Å²) in [7, 11) is -4.29. The van der Waals surface area contributed by atoms with Crippen LogP contribution in [0.4, 0.5) is 10.2 Å². The summed E-state index contributed by atoms with van der Waals surface area (Å²) in [6.07, 6.45) is 0.124. The summed E-state index contributed by atoms with van der Waals surface area (Å²) >= 11 is 0. The number of aliphatic hydroxyl groups is 2. The number of benzene rings is 1. The van der Waals surface area contributed by atoms with Crippen LogP contribution >= 0.6 is 0 Å². The van der Waals surface area contributed by atoms with Gasteiger partial charge in [-0.05, 0) is 44.7 Å². The predicted molar refractivity (Wildman–Crippen MR) is 128 cm³/mol. The topological polar surface area (TPSA) is 172 Å². The van der Waals surface area contributed by atoms with Gasteiger partial charge in [0.1, 0.15) is 31.6 Å². The first-order valence-corrected chi connectivity index (χ1v) is 13.3. The fraction of sp³-hybridized carbons (Fsp3) is 0.522. The van der Waals surface area contributed by atoms with Crippen LogP contribution in [0.2, 0.25) is 0 Å². The molecule has 4 N–H and O–H groups in total. The summed E-state index contributed by atoms with van der Waals surface area (Å²) in [5.41, 5.74) is 5.03. The molecular weight excluding hydrogens is 509 g/mol. The van der Waals surface area contributed by atoms with Crippen molar-refractivity contribution in [1.29, 1.82) is 0 Å². The van der Waals surface area contributed by atoms with Crippen LogP contribution in [0.25, 0.3) is 11.2 Å². The van der Waals surface area contributed by atoms with E-state index in [1.165, 1.54) is 23.0 Å². The summed E-state index contributed by atoms with van der Waals surface area (Å²) < 4.78 is 57.6. The van der Waals surface area contributed by atoms with Crippen LogP contribution in [0.3, 0.4) is 0 Å². The van der Waals surface area contributed by atoms with Gasteiger partial charge in [0.2, 0.25) is 0 Å². The molecule has 5 rings (SSSR count). The molecule has 3 heterocycles. The van der Waals surface area contributed by atoms with Gasteiger partial charge in [0.25, 0.3) is 10.1 Å². The largest absolute Gasteiger partial charge is 0.460 e. The quantitative estimate of drug-likeness (QED) is 0.355. The normalized spacial score (nSPS) is 26.8. The summed E-state index contributed by atoms with van der Waals surface area (Å²) in [6, 6.07) is 5.90. The van der Waals surface area contributed by atoms with Gasteiger partial charge in [0, 0.05) is 0 Å². The molecule has 37 heavy (non-hydrogen) atoms. The number of ether oxygens (including phenoxy) is 2. The van der Waals surface area contributed by atoms with Crippen LogP contribution in [-0.2, 0) is 19.0 Å². The molecule has 0 radical (unpaired) electrons. The van der Waals surface area contributed by atoms with E-state index in [4.69, 9.17) is 19.4 Å². The first-order chi connectivity index (χ1) is 17.6. The van der Waals surface area contributed by atoms with E-state index in [2.05, 4.69) is 15.0 Å². The van der Waals surface area contributed by atoms with Gasteiger partial charge in [-0.1, -0.05) is 17.7 Å². The Morgan fingerprint density at radius 1 is 1.22 bits per heavy atom. The van der Waals surface area contributed by atoms with E-state index in [0.29, 0.717) is 0 Å². The van der Waals surface area contributed by atoms with Crippen molar-refractivity contribution in [3.63, 3.8) is 0 Å². The zero-order valence-electron chi connectivity index (χ0n) is 20.0. The van der Waals surface area contributed by atoms with Gasteiger partial charge in [-0.3, -0.25) is 8.75 Å². The highest BCUT2D eigenvalue weighted by atomic mass is 32.2. The molecule has 0 unspecified atom stereocenters. The second-order valence-corrected chi connectivity index (χ2v) is 11.0. The Morgan fingerprint density at radius 2 is 1.92 bits per heavy atom. The minimum atomic E-state index is -4.29. The zero-order chi connectivity index (χ0) is 26.4. The highest BCUT2D eigenvalue weighted by Gasteiger charge is 2.56. The Bertz CT molecular complexity index is 1380. The first kappa shape index (κ1) is 25.7. The Morgan fingerprint density at radius 3 is 2.59 bits per heavy atom. The Balaban J connectivity index is 1.41. The van der Waals surface area contributed by atoms with Crippen molar-refractivity contribution in [2.45, 2.75) is 67.6 Å². The monoisotopic (exact) mass is 537 g/mol. The number of hydrogen-bond donors (Lipinski definition) is 3. The van der Waals surface area contributed by atoms with E-state index in [1.54, 1.807) is 19.1 Å². The molecule has 1 saturated carbocycles. The van der Waals surface area contributed by atoms with E-state index in [9.17, 15) is 23.0 Å². The third-order valence-corrected chi connectivity index (χ3v) is 8.06. The Kier molecular flexibility index (Phi) is 6.79. The summed E-state index contributed by atoms with van der Waals surface area (Å²) in [5.74, 6) is 0.0362. The number of nitrogen functional groups attached to an aromatic ring is 1. The van der Waals surface area contributed by atoms with Crippen molar-refractivity contribution in [2.24, 2.45) is 0 Å². The van der Waals surface area contributed by atoms with Crippen LogP contribution in [0, 0.1) is 6.92 Å². The second kappa shape index (κ2) is 9.76. The molecule has 2 fully saturated rings. The zero-order valence-corrected chi connectivity index (χ0v) is 20.8. The number of halogens is 1. The van der Waals surface area contributed by atoms with E-state index >= 15 is 0 Å². The highest BCUT2D eigenvalue weighted by molar-refractivity contribution is 7.86. The van der Waals surface area contributed by atoms with Gasteiger partial charge in [0.15, 0.2) is 28.8 Å². The molecule has 0 amide bonds.